The fourth-order valence-corrected chi connectivity index (χ4v) is 1.26. The zero-order valence-electron chi connectivity index (χ0n) is 8.68. The standard InChI is InChI=1S/C11H15NO2.ClH/c1-2-10(14-11(13)8-12)9-6-4-3-5-7-9;/h3-7,10H,2,8,12H2,1H3;1H. The topological polar surface area (TPSA) is 52.3 Å². The van der Waals surface area contributed by atoms with Gasteiger partial charge in [-0.1, -0.05) is 37.3 Å². The van der Waals surface area contributed by atoms with Gasteiger partial charge in [-0.05, 0) is 12.0 Å². The van der Waals surface area contributed by atoms with Crippen molar-refractivity contribution in [3.8, 4) is 0 Å². The van der Waals surface area contributed by atoms with Crippen LogP contribution in [0, 0.1) is 0 Å². The average molecular weight is 230 g/mol. The second-order valence-electron chi connectivity index (χ2n) is 3.00. The Labute approximate surface area is 96.0 Å². The van der Waals surface area contributed by atoms with Gasteiger partial charge in [0.25, 0.3) is 0 Å². The van der Waals surface area contributed by atoms with Crippen LogP contribution in [0.4, 0.5) is 0 Å². The van der Waals surface area contributed by atoms with Gasteiger partial charge in [-0.25, -0.2) is 0 Å². The maximum Gasteiger partial charge on any atom is 0.320 e. The molecule has 0 saturated heterocycles. The van der Waals surface area contributed by atoms with Gasteiger partial charge in [0.05, 0.1) is 6.54 Å². The van der Waals surface area contributed by atoms with Gasteiger partial charge in [-0.2, -0.15) is 0 Å². The second kappa shape index (κ2) is 7.26. The maximum absolute atomic E-state index is 11.0. The van der Waals surface area contributed by atoms with Crippen molar-refractivity contribution in [3.63, 3.8) is 0 Å². The van der Waals surface area contributed by atoms with E-state index in [1.165, 1.54) is 0 Å². The van der Waals surface area contributed by atoms with Crippen molar-refractivity contribution in [2.75, 3.05) is 6.54 Å². The highest BCUT2D eigenvalue weighted by molar-refractivity contribution is 5.85. The molecule has 1 unspecified atom stereocenters. The van der Waals surface area contributed by atoms with E-state index in [-0.39, 0.29) is 31.0 Å². The Kier molecular flexibility index (Phi) is 6.75. The SMILES string of the molecule is CCC(OC(=O)CN)c1ccccc1.Cl. The third-order valence-electron chi connectivity index (χ3n) is 1.98. The molecule has 1 atom stereocenters. The van der Waals surface area contributed by atoms with Crippen molar-refractivity contribution in [1.82, 2.24) is 0 Å². The molecule has 0 spiro atoms. The highest BCUT2D eigenvalue weighted by Crippen LogP contribution is 2.20. The molecule has 0 aliphatic carbocycles. The van der Waals surface area contributed by atoms with E-state index in [2.05, 4.69) is 0 Å². The van der Waals surface area contributed by atoms with Crippen LogP contribution in [0.1, 0.15) is 25.0 Å². The van der Waals surface area contributed by atoms with Gasteiger partial charge in [0.1, 0.15) is 6.10 Å². The van der Waals surface area contributed by atoms with E-state index in [4.69, 9.17) is 10.5 Å². The van der Waals surface area contributed by atoms with E-state index in [1.807, 2.05) is 37.3 Å². The molecule has 0 bridgehead atoms. The summed E-state index contributed by atoms with van der Waals surface area (Å²) in [6.07, 6.45) is 0.586. The monoisotopic (exact) mass is 229 g/mol. The number of hydrogen-bond acceptors (Lipinski definition) is 3. The summed E-state index contributed by atoms with van der Waals surface area (Å²) in [7, 11) is 0. The lowest BCUT2D eigenvalue weighted by molar-refractivity contribution is -0.147. The molecule has 0 aromatic heterocycles. The van der Waals surface area contributed by atoms with Gasteiger partial charge in [-0.15, -0.1) is 12.4 Å². The number of esters is 1. The molecule has 2 N–H and O–H groups in total. The number of carbonyl (C=O) groups is 1. The number of halogens is 1. The Hall–Kier alpha value is -1.06. The normalized spacial score (nSPS) is 11.3. The molecule has 1 aromatic carbocycles. The van der Waals surface area contributed by atoms with Crippen LogP contribution in [0.15, 0.2) is 30.3 Å². The van der Waals surface area contributed by atoms with Gasteiger partial charge in [0.2, 0.25) is 0 Å². The van der Waals surface area contributed by atoms with Crippen molar-refractivity contribution < 1.29 is 9.53 Å². The average Bonchev–Trinajstić information content (AvgIpc) is 2.26. The zero-order chi connectivity index (χ0) is 10.4. The van der Waals surface area contributed by atoms with Crippen molar-refractivity contribution in [3.05, 3.63) is 35.9 Å². The Morgan fingerprint density at radius 1 is 1.40 bits per heavy atom. The minimum atomic E-state index is -0.360. The summed E-state index contributed by atoms with van der Waals surface area (Å²) in [4.78, 5) is 11.0. The summed E-state index contributed by atoms with van der Waals surface area (Å²) in [6.45, 7) is 1.91. The number of benzene rings is 1. The van der Waals surface area contributed by atoms with Crippen molar-refractivity contribution in [1.29, 1.82) is 0 Å². The van der Waals surface area contributed by atoms with E-state index in [1.54, 1.807) is 0 Å². The van der Waals surface area contributed by atoms with Crippen LogP contribution in [0.25, 0.3) is 0 Å². The van der Waals surface area contributed by atoms with Crippen LogP contribution in [-0.2, 0) is 9.53 Å². The second-order valence-corrected chi connectivity index (χ2v) is 3.00. The molecule has 3 nitrogen and oxygen atoms in total. The Morgan fingerprint density at radius 2 is 2.00 bits per heavy atom. The minimum Gasteiger partial charge on any atom is -0.457 e. The first-order valence-electron chi connectivity index (χ1n) is 4.72. The zero-order valence-corrected chi connectivity index (χ0v) is 9.50. The lowest BCUT2D eigenvalue weighted by Gasteiger charge is -2.15. The van der Waals surface area contributed by atoms with Gasteiger partial charge in [0, 0.05) is 0 Å². The molecular formula is C11H16ClNO2. The number of nitrogens with two attached hydrogens (primary N) is 1. The molecule has 15 heavy (non-hydrogen) atoms. The van der Waals surface area contributed by atoms with Crippen molar-refractivity contribution in [2.45, 2.75) is 19.4 Å². The molecule has 0 fully saturated rings. The summed E-state index contributed by atoms with van der Waals surface area (Å²) in [5, 5.41) is 0. The molecule has 0 radical (unpaired) electrons. The van der Waals surface area contributed by atoms with Crippen LogP contribution in [0.5, 0.6) is 0 Å². The summed E-state index contributed by atoms with van der Waals surface area (Å²) in [6, 6.07) is 9.67. The number of ether oxygens (including phenoxy) is 1. The predicted octanol–water partition coefficient (Wildman–Crippen LogP) is 2.06. The van der Waals surface area contributed by atoms with Gasteiger partial charge < -0.3 is 10.5 Å². The van der Waals surface area contributed by atoms with Crippen LogP contribution >= 0.6 is 12.4 Å². The fourth-order valence-electron chi connectivity index (χ4n) is 1.26. The van der Waals surface area contributed by atoms with Crippen LogP contribution in [-0.4, -0.2) is 12.5 Å². The molecule has 0 heterocycles. The lowest BCUT2D eigenvalue weighted by Crippen LogP contribution is -2.19. The Morgan fingerprint density at radius 3 is 2.47 bits per heavy atom. The summed E-state index contributed by atoms with van der Waals surface area (Å²) in [5.41, 5.74) is 6.19. The van der Waals surface area contributed by atoms with Crippen LogP contribution in [0.3, 0.4) is 0 Å². The first kappa shape index (κ1) is 13.9. The number of carbonyl (C=O) groups excluding carboxylic acids is 1. The highest BCUT2D eigenvalue weighted by Gasteiger charge is 2.12. The molecular weight excluding hydrogens is 214 g/mol. The van der Waals surface area contributed by atoms with Gasteiger partial charge in [-0.3, -0.25) is 4.79 Å². The van der Waals surface area contributed by atoms with E-state index in [9.17, 15) is 4.79 Å². The fraction of sp³-hybridized carbons (Fsp3) is 0.364. The van der Waals surface area contributed by atoms with E-state index < -0.39 is 0 Å². The van der Waals surface area contributed by atoms with Crippen LogP contribution in [0.2, 0.25) is 0 Å². The molecule has 0 aliphatic rings. The summed E-state index contributed by atoms with van der Waals surface area (Å²) < 4.78 is 5.17. The largest absolute Gasteiger partial charge is 0.457 e. The van der Waals surface area contributed by atoms with E-state index in [0.717, 1.165) is 12.0 Å². The maximum atomic E-state index is 11.0. The first-order chi connectivity index (χ1) is 6.77. The molecule has 0 aliphatic heterocycles. The van der Waals surface area contributed by atoms with Gasteiger partial charge in [0.15, 0.2) is 0 Å². The molecule has 4 heteroatoms. The van der Waals surface area contributed by atoms with Crippen molar-refractivity contribution >= 4 is 18.4 Å². The molecule has 1 rings (SSSR count). The minimum absolute atomic E-state index is 0. The number of hydrogen-bond donors (Lipinski definition) is 1. The predicted molar refractivity (Wildman–Crippen MR) is 61.9 cm³/mol. The summed E-state index contributed by atoms with van der Waals surface area (Å²) >= 11 is 0. The van der Waals surface area contributed by atoms with E-state index >= 15 is 0 Å². The molecule has 0 saturated carbocycles. The molecule has 84 valence electrons. The Balaban J connectivity index is 0.00000196. The van der Waals surface area contributed by atoms with Crippen LogP contribution < -0.4 is 5.73 Å². The summed E-state index contributed by atoms with van der Waals surface area (Å²) in [5.74, 6) is -0.360. The van der Waals surface area contributed by atoms with E-state index in [0.29, 0.717) is 0 Å². The third-order valence-corrected chi connectivity index (χ3v) is 1.98. The smallest absolute Gasteiger partial charge is 0.320 e. The molecule has 1 aromatic rings. The molecule has 0 amide bonds. The first-order valence-corrected chi connectivity index (χ1v) is 4.72. The Bertz CT molecular complexity index is 290. The van der Waals surface area contributed by atoms with Crippen molar-refractivity contribution in [2.24, 2.45) is 5.73 Å². The number of rotatable bonds is 4. The lowest BCUT2D eigenvalue weighted by atomic mass is 10.1. The quantitative estimate of drug-likeness (QED) is 0.805. The van der Waals surface area contributed by atoms with Gasteiger partial charge >= 0.3 is 5.97 Å². The highest BCUT2D eigenvalue weighted by atomic mass is 35.5. The third kappa shape index (κ3) is 4.32.